The molecule has 0 N–H and O–H groups in total. The number of hydrogen-bond donors (Lipinski definition) is 0. The number of halogens is 1. The highest BCUT2D eigenvalue weighted by atomic mass is 35.5. The van der Waals surface area contributed by atoms with Crippen LogP contribution in [0, 0.1) is 0 Å². The van der Waals surface area contributed by atoms with E-state index < -0.39 is 5.41 Å². The third-order valence-electron chi connectivity index (χ3n) is 7.34. The first-order chi connectivity index (χ1) is 15.6. The molecule has 0 bridgehead atoms. The van der Waals surface area contributed by atoms with Crippen LogP contribution in [0.4, 0.5) is 0 Å². The Morgan fingerprint density at radius 1 is 0.969 bits per heavy atom. The lowest BCUT2D eigenvalue weighted by Gasteiger charge is -2.44. The standard InChI is InChI=1S/C26H30ClNO4/c27-21-8-6-20(7-9-21)26(12-16-30-17-13-26)24(29)28-14-10-25(11-15-28)18-23(19-31-25)32-22-4-2-1-3-5-22/h1-9,23H,10-19H2/t23-/m1/s1. The molecule has 3 heterocycles. The lowest BCUT2D eigenvalue weighted by molar-refractivity contribution is -0.146. The molecule has 1 amide bonds. The summed E-state index contributed by atoms with van der Waals surface area (Å²) in [6, 6.07) is 17.7. The average Bonchev–Trinajstić information content (AvgIpc) is 3.22. The highest BCUT2D eigenvalue weighted by molar-refractivity contribution is 6.30. The maximum atomic E-state index is 13.8. The molecule has 5 nitrogen and oxygen atoms in total. The van der Waals surface area contributed by atoms with Gasteiger partial charge >= 0.3 is 0 Å². The lowest BCUT2D eigenvalue weighted by Crippen LogP contribution is -2.54. The SMILES string of the molecule is O=C(N1CCC2(CC1)C[C@@H](Oc1ccccc1)CO2)C1(c2ccc(Cl)cc2)CCOCC1. The number of carbonyl (C=O) groups excluding carboxylic acids is 1. The van der Waals surface area contributed by atoms with Gasteiger partial charge in [0.1, 0.15) is 11.9 Å². The van der Waals surface area contributed by atoms with E-state index in [0.717, 1.165) is 30.6 Å². The van der Waals surface area contributed by atoms with Crippen LogP contribution >= 0.6 is 11.6 Å². The zero-order valence-corrected chi connectivity index (χ0v) is 19.1. The zero-order valence-electron chi connectivity index (χ0n) is 18.3. The van der Waals surface area contributed by atoms with Gasteiger partial charge in [0.25, 0.3) is 0 Å². The number of hydrogen-bond acceptors (Lipinski definition) is 4. The minimum Gasteiger partial charge on any atom is -0.488 e. The number of para-hydroxylation sites is 1. The normalized spacial score (nSPS) is 24.4. The molecule has 3 aliphatic heterocycles. The van der Waals surface area contributed by atoms with Crippen LogP contribution in [0.5, 0.6) is 5.75 Å². The lowest BCUT2D eigenvalue weighted by atomic mass is 9.72. The molecular weight excluding hydrogens is 426 g/mol. The average molecular weight is 456 g/mol. The van der Waals surface area contributed by atoms with E-state index in [1.165, 1.54) is 0 Å². The Kier molecular flexibility index (Phi) is 6.15. The molecule has 2 aromatic carbocycles. The van der Waals surface area contributed by atoms with Crippen molar-refractivity contribution < 1.29 is 19.0 Å². The number of nitrogens with zero attached hydrogens (tertiary/aromatic N) is 1. The monoisotopic (exact) mass is 455 g/mol. The van der Waals surface area contributed by atoms with Crippen molar-refractivity contribution in [2.45, 2.75) is 49.2 Å². The molecular formula is C26H30ClNO4. The number of ether oxygens (including phenoxy) is 3. The van der Waals surface area contributed by atoms with Crippen LogP contribution in [-0.4, -0.2) is 55.4 Å². The van der Waals surface area contributed by atoms with Crippen LogP contribution in [0.1, 0.15) is 37.7 Å². The molecule has 32 heavy (non-hydrogen) atoms. The van der Waals surface area contributed by atoms with E-state index in [1.807, 2.05) is 59.5 Å². The van der Waals surface area contributed by atoms with Gasteiger partial charge in [-0.3, -0.25) is 4.79 Å². The number of rotatable bonds is 4. The summed E-state index contributed by atoms with van der Waals surface area (Å²) in [5.74, 6) is 1.10. The van der Waals surface area contributed by atoms with Crippen molar-refractivity contribution in [1.82, 2.24) is 4.90 Å². The van der Waals surface area contributed by atoms with Crippen molar-refractivity contribution in [2.24, 2.45) is 0 Å². The van der Waals surface area contributed by atoms with Gasteiger partial charge in [-0.25, -0.2) is 0 Å². The first-order valence-electron chi connectivity index (χ1n) is 11.6. The van der Waals surface area contributed by atoms with E-state index in [-0.39, 0.29) is 17.6 Å². The number of benzene rings is 2. The summed E-state index contributed by atoms with van der Waals surface area (Å²) >= 11 is 6.11. The van der Waals surface area contributed by atoms with Gasteiger partial charge in [-0.2, -0.15) is 0 Å². The highest BCUT2D eigenvalue weighted by Gasteiger charge is 2.48. The topological polar surface area (TPSA) is 48.0 Å². The maximum absolute atomic E-state index is 13.8. The van der Waals surface area contributed by atoms with Crippen LogP contribution in [0.15, 0.2) is 54.6 Å². The molecule has 3 fully saturated rings. The van der Waals surface area contributed by atoms with Gasteiger partial charge in [-0.15, -0.1) is 0 Å². The van der Waals surface area contributed by atoms with Crippen molar-refractivity contribution in [3.8, 4) is 5.75 Å². The van der Waals surface area contributed by atoms with E-state index in [0.29, 0.717) is 50.8 Å². The van der Waals surface area contributed by atoms with Crippen molar-refractivity contribution in [3.05, 3.63) is 65.2 Å². The molecule has 3 aliphatic rings. The van der Waals surface area contributed by atoms with Gasteiger partial charge < -0.3 is 19.1 Å². The first kappa shape index (κ1) is 21.7. The predicted octanol–water partition coefficient (Wildman–Crippen LogP) is 4.62. The Balaban J connectivity index is 1.25. The molecule has 0 radical (unpaired) electrons. The molecule has 170 valence electrons. The highest BCUT2D eigenvalue weighted by Crippen LogP contribution is 2.41. The molecule has 5 rings (SSSR count). The number of carbonyl (C=O) groups is 1. The summed E-state index contributed by atoms with van der Waals surface area (Å²) in [4.78, 5) is 15.9. The van der Waals surface area contributed by atoms with Crippen LogP contribution in [-0.2, 0) is 19.7 Å². The van der Waals surface area contributed by atoms with Crippen molar-refractivity contribution >= 4 is 17.5 Å². The second kappa shape index (κ2) is 9.05. The van der Waals surface area contributed by atoms with E-state index in [4.69, 9.17) is 25.8 Å². The molecule has 6 heteroatoms. The summed E-state index contributed by atoms with van der Waals surface area (Å²) in [6.07, 6.45) is 4.05. The summed E-state index contributed by atoms with van der Waals surface area (Å²) < 4.78 is 18.0. The summed E-state index contributed by atoms with van der Waals surface area (Å²) in [7, 11) is 0. The van der Waals surface area contributed by atoms with Gasteiger partial charge in [-0.1, -0.05) is 41.9 Å². The zero-order chi connectivity index (χ0) is 22.0. The van der Waals surface area contributed by atoms with Gasteiger partial charge in [0.2, 0.25) is 5.91 Å². The van der Waals surface area contributed by atoms with Crippen molar-refractivity contribution in [2.75, 3.05) is 32.9 Å². The van der Waals surface area contributed by atoms with Gasteiger partial charge in [0.05, 0.1) is 17.6 Å². The number of piperidine rings is 1. The van der Waals surface area contributed by atoms with Crippen molar-refractivity contribution in [1.29, 1.82) is 0 Å². The molecule has 0 aromatic heterocycles. The fourth-order valence-corrected chi connectivity index (χ4v) is 5.58. The summed E-state index contributed by atoms with van der Waals surface area (Å²) in [5.41, 5.74) is 0.339. The van der Waals surface area contributed by atoms with Crippen LogP contribution in [0.25, 0.3) is 0 Å². The second-order valence-corrected chi connectivity index (χ2v) is 9.68. The quantitative estimate of drug-likeness (QED) is 0.675. The van der Waals surface area contributed by atoms with Gasteiger partial charge in [0, 0.05) is 37.7 Å². The Hall–Kier alpha value is -2.08. The van der Waals surface area contributed by atoms with Gasteiger partial charge in [0.15, 0.2) is 0 Å². The molecule has 2 aromatic rings. The molecule has 0 saturated carbocycles. The van der Waals surface area contributed by atoms with Crippen LogP contribution in [0.2, 0.25) is 5.02 Å². The first-order valence-corrected chi connectivity index (χ1v) is 12.0. The van der Waals surface area contributed by atoms with E-state index in [2.05, 4.69) is 0 Å². The summed E-state index contributed by atoms with van der Waals surface area (Å²) in [6.45, 7) is 3.25. The fraction of sp³-hybridized carbons (Fsp3) is 0.500. The number of likely N-dealkylation sites (tertiary alicyclic amines) is 1. The molecule has 0 unspecified atom stereocenters. The Bertz CT molecular complexity index is 919. The smallest absolute Gasteiger partial charge is 0.233 e. The third-order valence-corrected chi connectivity index (χ3v) is 7.59. The largest absolute Gasteiger partial charge is 0.488 e. The minimum atomic E-state index is -0.525. The van der Waals surface area contributed by atoms with E-state index >= 15 is 0 Å². The minimum absolute atomic E-state index is 0.0653. The van der Waals surface area contributed by atoms with Crippen molar-refractivity contribution in [3.63, 3.8) is 0 Å². The van der Waals surface area contributed by atoms with Gasteiger partial charge in [-0.05, 0) is 55.5 Å². The molecule has 1 spiro atoms. The third kappa shape index (κ3) is 4.26. The van der Waals surface area contributed by atoms with Crippen LogP contribution < -0.4 is 4.74 Å². The fourth-order valence-electron chi connectivity index (χ4n) is 5.45. The van der Waals surface area contributed by atoms with E-state index in [1.54, 1.807) is 0 Å². The number of amides is 1. The molecule has 3 saturated heterocycles. The second-order valence-electron chi connectivity index (χ2n) is 9.24. The Labute approximate surface area is 194 Å². The molecule has 0 aliphatic carbocycles. The van der Waals surface area contributed by atoms with E-state index in [9.17, 15) is 4.79 Å². The Morgan fingerprint density at radius 2 is 1.66 bits per heavy atom. The molecule has 1 atom stereocenters. The van der Waals surface area contributed by atoms with Crippen LogP contribution in [0.3, 0.4) is 0 Å². The summed E-state index contributed by atoms with van der Waals surface area (Å²) in [5, 5.41) is 0.689. The Morgan fingerprint density at radius 3 is 2.34 bits per heavy atom. The predicted molar refractivity (Wildman–Crippen MR) is 123 cm³/mol. The maximum Gasteiger partial charge on any atom is 0.233 e.